The topological polar surface area (TPSA) is 90.2 Å². The van der Waals surface area contributed by atoms with Gasteiger partial charge in [0.25, 0.3) is 5.91 Å². The van der Waals surface area contributed by atoms with Crippen molar-refractivity contribution in [1.82, 2.24) is 5.32 Å². The summed E-state index contributed by atoms with van der Waals surface area (Å²) in [5, 5.41) is 13.6. The summed E-state index contributed by atoms with van der Waals surface area (Å²) in [7, 11) is -3.06. The van der Waals surface area contributed by atoms with E-state index >= 15 is 0 Å². The summed E-state index contributed by atoms with van der Waals surface area (Å²) >= 11 is 0. The molecule has 2 rings (SSSR count). The number of hydrogen-bond donors (Lipinski definition) is 1. The molecule has 1 atom stereocenters. The average molecular weight is 270 g/mol. The molecule has 1 aromatic rings. The summed E-state index contributed by atoms with van der Waals surface area (Å²) in [6.45, 7) is 1.71. The summed E-state index contributed by atoms with van der Waals surface area (Å²) in [6, 6.07) is 2.80. The Bertz CT molecular complexity index is 567. The normalized spacial score (nSPS) is 25.8. The van der Waals surface area contributed by atoms with Crippen molar-refractivity contribution >= 4 is 15.7 Å². The number of aromatic nitrogens is 1. The zero-order chi connectivity index (χ0) is 13.4. The number of carbonyl (C=O) groups excluding carboxylic acids is 1. The van der Waals surface area contributed by atoms with Gasteiger partial charge in [-0.25, -0.2) is 8.42 Å². The van der Waals surface area contributed by atoms with Crippen molar-refractivity contribution in [2.45, 2.75) is 18.9 Å². The van der Waals surface area contributed by atoms with Crippen LogP contribution in [0.15, 0.2) is 24.5 Å². The molecule has 2 heterocycles. The molecule has 18 heavy (non-hydrogen) atoms. The van der Waals surface area contributed by atoms with Gasteiger partial charge < -0.3 is 10.5 Å². The van der Waals surface area contributed by atoms with Crippen LogP contribution in [-0.2, 0) is 9.84 Å². The number of amides is 1. The van der Waals surface area contributed by atoms with Crippen molar-refractivity contribution in [1.29, 1.82) is 0 Å². The second kappa shape index (κ2) is 4.24. The molecule has 6 nitrogen and oxygen atoms in total. The first-order chi connectivity index (χ1) is 8.30. The van der Waals surface area contributed by atoms with Gasteiger partial charge in [0.2, 0.25) is 0 Å². The monoisotopic (exact) mass is 270 g/mol. The molecule has 1 amide bonds. The van der Waals surface area contributed by atoms with Gasteiger partial charge in [-0.15, -0.1) is 0 Å². The van der Waals surface area contributed by atoms with Crippen molar-refractivity contribution < 1.29 is 17.9 Å². The third-order valence-corrected chi connectivity index (χ3v) is 4.89. The molecular formula is C11H14N2O4S. The second-order valence-corrected chi connectivity index (χ2v) is 6.99. The van der Waals surface area contributed by atoms with Crippen LogP contribution in [0.4, 0.5) is 0 Å². The van der Waals surface area contributed by atoms with Crippen molar-refractivity contribution in [2.24, 2.45) is 0 Å². The Morgan fingerprint density at radius 3 is 2.56 bits per heavy atom. The molecule has 0 aromatic carbocycles. The quantitative estimate of drug-likeness (QED) is 0.586. The maximum Gasteiger partial charge on any atom is 0.252 e. The summed E-state index contributed by atoms with van der Waals surface area (Å²) in [5.41, 5.74) is -0.383. The van der Waals surface area contributed by atoms with Gasteiger partial charge >= 0.3 is 0 Å². The number of hydrogen-bond acceptors (Lipinski definition) is 4. The molecule has 0 unspecified atom stereocenters. The van der Waals surface area contributed by atoms with Gasteiger partial charge in [0, 0.05) is 12.1 Å². The predicted octanol–water partition coefficient (Wildman–Crippen LogP) is -0.373. The van der Waals surface area contributed by atoms with Crippen LogP contribution in [-0.4, -0.2) is 31.4 Å². The highest BCUT2D eigenvalue weighted by Gasteiger charge is 2.39. The first-order valence-electron chi connectivity index (χ1n) is 5.51. The smallest absolute Gasteiger partial charge is 0.252 e. The lowest BCUT2D eigenvalue weighted by Crippen LogP contribution is -2.47. The molecule has 1 aliphatic heterocycles. The lowest BCUT2D eigenvalue weighted by molar-refractivity contribution is -0.605. The van der Waals surface area contributed by atoms with Crippen LogP contribution >= 0.6 is 0 Å². The Kier molecular flexibility index (Phi) is 3.02. The standard InChI is InChI=1S/C11H14N2O4S/c1-11(4-7-18(16,17)8-11)12-10(14)9-2-5-13(15)6-3-9/h2-3,5-6H,4,7-8H2,1H3,(H,12,14)/t11-/m0/s1. The Hall–Kier alpha value is -1.63. The van der Waals surface area contributed by atoms with Gasteiger partial charge in [0.1, 0.15) is 0 Å². The third kappa shape index (κ3) is 2.79. The van der Waals surface area contributed by atoms with E-state index < -0.39 is 15.4 Å². The van der Waals surface area contributed by atoms with Crippen LogP contribution in [0, 0.1) is 5.21 Å². The van der Waals surface area contributed by atoms with Gasteiger partial charge in [-0.1, -0.05) is 0 Å². The Labute approximate surface area is 105 Å². The highest BCUT2D eigenvalue weighted by Crippen LogP contribution is 2.23. The predicted molar refractivity (Wildman–Crippen MR) is 64.5 cm³/mol. The summed E-state index contributed by atoms with van der Waals surface area (Å²) in [4.78, 5) is 11.9. The Balaban J connectivity index is 2.10. The first kappa shape index (κ1) is 12.8. The number of carbonyl (C=O) groups is 1. The highest BCUT2D eigenvalue weighted by molar-refractivity contribution is 7.91. The minimum absolute atomic E-state index is 0.0415. The summed E-state index contributed by atoms with van der Waals surface area (Å²) in [5.74, 6) is -0.311. The molecule has 98 valence electrons. The minimum Gasteiger partial charge on any atom is -0.619 e. The van der Waals surface area contributed by atoms with E-state index in [0.717, 1.165) is 0 Å². The lowest BCUT2D eigenvalue weighted by atomic mass is 10.0. The first-order valence-corrected chi connectivity index (χ1v) is 7.34. The number of rotatable bonds is 2. The SMILES string of the molecule is C[C@]1(NC(=O)c2cc[n+]([O-])cc2)CCS(=O)(=O)C1. The molecule has 7 heteroatoms. The molecular weight excluding hydrogens is 256 g/mol. The van der Waals surface area contributed by atoms with Crippen LogP contribution in [0.2, 0.25) is 0 Å². The number of nitrogens with one attached hydrogen (secondary N) is 1. The van der Waals surface area contributed by atoms with Crippen LogP contribution in [0.25, 0.3) is 0 Å². The van der Waals surface area contributed by atoms with Crippen molar-refractivity contribution in [3.05, 3.63) is 35.3 Å². The van der Waals surface area contributed by atoms with E-state index in [1.165, 1.54) is 24.5 Å². The van der Waals surface area contributed by atoms with Crippen LogP contribution in [0.3, 0.4) is 0 Å². The van der Waals surface area contributed by atoms with Gasteiger partial charge in [-0.05, 0) is 13.3 Å². The van der Waals surface area contributed by atoms with Gasteiger partial charge in [-0.2, -0.15) is 4.73 Å². The van der Waals surface area contributed by atoms with E-state index in [1.54, 1.807) is 6.92 Å². The average Bonchev–Trinajstić information content (AvgIpc) is 2.53. The maximum absolute atomic E-state index is 11.9. The largest absolute Gasteiger partial charge is 0.619 e. The molecule has 1 saturated heterocycles. The summed E-state index contributed by atoms with van der Waals surface area (Å²) < 4.78 is 23.4. The molecule has 1 aromatic heterocycles. The summed E-state index contributed by atoms with van der Waals surface area (Å²) in [6.07, 6.45) is 2.86. The lowest BCUT2D eigenvalue weighted by Gasteiger charge is -2.23. The van der Waals surface area contributed by atoms with E-state index in [4.69, 9.17) is 0 Å². The Morgan fingerprint density at radius 2 is 2.06 bits per heavy atom. The molecule has 0 aliphatic carbocycles. The molecule has 0 bridgehead atoms. The van der Waals surface area contributed by atoms with Gasteiger partial charge in [-0.3, -0.25) is 4.79 Å². The van der Waals surface area contributed by atoms with Crippen molar-refractivity contribution in [3.8, 4) is 0 Å². The maximum atomic E-state index is 11.9. The van der Waals surface area contributed by atoms with Gasteiger partial charge in [0.15, 0.2) is 22.2 Å². The fraction of sp³-hybridized carbons (Fsp3) is 0.455. The molecule has 1 aliphatic rings. The second-order valence-electron chi connectivity index (χ2n) is 4.80. The van der Waals surface area contributed by atoms with E-state index in [2.05, 4.69) is 5.32 Å². The number of nitrogens with zero attached hydrogens (tertiary/aromatic N) is 1. The number of sulfone groups is 1. The van der Waals surface area contributed by atoms with Crippen LogP contribution in [0.1, 0.15) is 23.7 Å². The fourth-order valence-electron chi connectivity index (χ4n) is 2.02. The van der Waals surface area contributed by atoms with E-state index in [9.17, 15) is 18.4 Å². The van der Waals surface area contributed by atoms with Crippen molar-refractivity contribution in [2.75, 3.05) is 11.5 Å². The van der Waals surface area contributed by atoms with E-state index in [0.29, 0.717) is 16.7 Å². The fourth-order valence-corrected chi connectivity index (χ4v) is 4.11. The molecule has 1 N–H and O–H groups in total. The van der Waals surface area contributed by atoms with Crippen LogP contribution < -0.4 is 10.0 Å². The van der Waals surface area contributed by atoms with Crippen molar-refractivity contribution in [3.63, 3.8) is 0 Å². The Morgan fingerprint density at radius 1 is 1.44 bits per heavy atom. The zero-order valence-corrected chi connectivity index (χ0v) is 10.7. The zero-order valence-electron chi connectivity index (χ0n) is 9.92. The van der Waals surface area contributed by atoms with E-state index in [-0.39, 0.29) is 17.4 Å². The molecule has 0 radical (unpaired) electrons. The molecule has 1 fully saturated rings. The highest BCUT2D eigenvalue weighted by atomic mass is 32.2. The third-order valence-electron chi connectivity index (χ3n) is 2.98. The molecule has 0 saturated carbocycles. The van der Waals surface area contributed by atoms with E-state index in [1.807, 2.05) is 0 Å². The number of pyridine rings is 1. The van der Waals surface area contributed by atoms with Crippen LogP contribution in [0.5, 0.6) is 0 Å². The minimum atomic E-state index is -3.06. The van der Waals surface area contributed by atoms with Gasteiger partial charge in [0.05, 0.1) is 22.6 Å². The molecule has 0 spiro atoms.